The van der Waals surface area contributed by atoms with E-state index in [1.54, 1.807) is 24.3 Å². The van der Waals surface area contributed by atoms with Crippen molar-refractivity contribution in [3.8, 4) is 0 Å². The van der Waals surface area contributed by atoms with Crippen molar-refractivity contribution in [3.63, 3.8) is 0 Å². The van der Waals surface area contributed by atoms with Crippen LogP contribution in [-0.2, 0) is 9.59 Å². The van der Waals surface area contributed by atoms with Crippen LogP contribution in [0.5, 0.6) is 0 Å². The molecule has 0 aliphatic rings. The molecule has 0 aromatic heterocycles. The molecular weight excluding hydrogens is 240 g/mol. The summed E-state index contributed by atoms with van der Waals surface area (Å²) < 4.78 is 0. The number of carbonyl (C=O) groups excluding carboxylic acids is 2. The fourth-order valence-electron chi connectivity index (χ4n) is 1.29. The highest BCUT2D eigenvalue weighted by Crippen LogP contribution is 2.14. The van der Waals surface area contributed by atoms with Crippen LogP contribution in [0, 0.1) is 0 Å². The summed E-state index contributed by atoms with van der Waals surface area (Å²) in [5.74, 6) is -0.648. The average Bonchev–Trinajstić information content (AvgIpc) is 2.14. The molecule has 4 nitrogen and oxygen atoms in total. The molecule has 0 bridgehead atoms. The molecule has 0 spiro atoms. The van der Waals surface area contributed by atoms with E-state index in [-0.39, 0.29) is 24.3 Å². The fraction of sp³-hybridized carbons (Fsp3) is 0.333. The number of benzene rings is 1. The fourth-order valence-corrected chi connectivity index (χ4v) is 1.48. The van der Waals surface area contributed by atoms with Gasteiger partial charge in [0.1, 0.15) is 6.42 Å². The minimum absolute atomic E-state index is 0.0291. The molecule has 0 fully saturated rings. The van der Waals surface area contributed by atoms with E-state index < -0.39 is 0 Å². The van der Waals surface area contributed by atoms with Crippen molar-refractivity contribution in [2.24, 2.45) is 0 Å². The number of nitrogens with one attached hydrogen (secondary N) is 2. The topological polar surface area (TPSA) is 58.2 Å². The van der Waals surface area contributed by atoms with E-state index in [4.69, 9.17) is 11.6 Å². The maximum Gasteiger partial charge on any atom is 0.233 e. The van der Waals surface area contributed by atoms with Gasteiger partial charge in [-0.05, 0) is 32.0 Å². The highest BCUT2D eigenvalue weighted by atomic mass is 35.5. The Hall–Kier alpha value is -1.55. The predicted molar refractivity (Wildman–Crippen MR) is 68.0 cm³/mol. The van der Waals surface area contributed by atoms with Gasteiger partial charge in [0.15, 0.2) is 0 Å². The van der Waals surface area contributed by atoms with Crippen LogP contribution in [0.2, 0.25) is 5.02 Å². The van der Waals surface area contributed by atoms with E-state index in [0.29, 0.717) is 10.7 Å². The Balaban J connectivity index is 2.47. The SMILES string of the molecule is CC(C)NC(=O)CC(=O)Nc1cccc(Cl)c1. The van der Waals surface area contributed by atoms with Gasteiger partial charge in [0.25, 0.3) is 0 Å². The normalized spacial score (nSPS) is 10.1. The largest absolute Gasteiger partial charge is 0.353 e. The maximum atomic E-state index is 11.5. The van der Waals surface area contributed by atoms with Gasteiger partial charge < -0.3 is 10.6 Å². The minimum atomic E-state index is -0.356. The number of hydrogen-bond donors (Lipinski definition) is 2. The van der Waals surface area contributed by atoms with Crippen LogP contribution in [0.1, 0.15) is 20.3 Å². The molecule has 0 unspecified atom stereocenters. The van der Waals surface area contributed by atoms with Gasteiger partial charge >= 0.3 is 0 Å². The van der Waals surface area contributed by atoms with Crippen molar-refractivity contribution in [1.29, 1.82) is 0 Å². The van der Waals surface area contributed by atoms with Crippen LogP contribution in [0.3, 0.4) is 0 Å². The van der Waals surface area contributed by atoms with Gasteiger partial charge in [-0.25, -0.2) is 0 Å². The molecule has 2 N–H and O–H groups in total. The molecule has 17 heavy (non-hydrogen) atoms. The second-order valence-electron chi connectivity index (χ2n) is 3.96. The first-order valence-corrected chi connectivity index (χ1v) is 5.70. The summed E-state index contributed by atoms with van der Waals surface area (Å²) in [5.41, 5.74) is 0.583. The van der Waals surface area contributed by atoms with Crippen LogP contribution in [0.4, 0.5) is 5.69 Å². The standard InChI is InChI=1S/C12H15ClN2O2/c1-8(2)14-11(16)7-12(17)15-10-5-3-4-9(13)6-10/h3-6,8H,7H2,1-2H3,(H,14,16)(H,15,17). The Bertz CT molecular complexity index is 419. The summed E-state index contributed by atoms with van der Waals surface area (Å²) in [6.07, 6.45) is -0.190. The Kier molecular flexibility index (Phi) is 4.97. The number of hydrogen-bond acceptors (Lipinski definition) is 2. The summed E-state index contributed by atoms with van der Waals surface area (Å²) in [4.78, 5) is 22.8. The average molecular weight is 255 g/mol. The summed E-state index contributed by atoms with van der Waals surface area (Å²) in [7, 11) is 0. The molecule has 0 atom stereocenters. The molecule has 1 aromatic rings. The molecule has 1 aromatic carbocycles. The molecule has 1 rings (SSSR count). The maximum absolute atomic E-state index is 11.5. The number of rotatable bonds is 4. The molecule has 0 saturated carbocycles. The van der Waals surface area contributed by atoms with Gasteiger partial charge in [-0.3, -0.25) is 9.59 Å². The van der Waals surface area contributed by atoms with Crippen molar-refractivity contribution in [2.75, 3.05) is 5.32 Å². The second-order valence-corrected chi connectivity index (χ2v) is 4.39. The lowest BCUT2D eigenvalue weighted by atomic mass is 10.3. The number of halogens is 1. The van der Waals surface area contributed by atoms with Gasteiger partial charge in [-0.15, -0.1) is 0 Å². The van der Waals surface area contributed by atoms with Crippen LogP contribution >= 0.6 is 11.6 Å². The van der Waals surface area contributed by atoms with Crippen molar-refractivity contribution in [1.82, 2.24) is 5.32 Å². The smallest absolute Gasteiger partial charge is 0.233 e. The second kappa shape index (κ2) is 6.25. The van der Waals surface area contributed by atoms with E-state index in [0.717, 1.165) is 0 Å². The summed E-state index contributed by atoms with van der Waals surface area (Å²) >= 11 is 5.77. The van der Waals surface area contributed by atoms with Gasteiger partial charge in [0, 0.05) is 16.8 Å². The lowest BCUT2D eigenvalue weighted by Gasteiger charge is -2.08. The number of amides is 2. The third kappa shape index (κ3) is 5.36. The highest BCUT2D eigenvalue weighted by molar-refractivity contribution is 6.30. The predicted octanol–water partition coefficient (Wildman–Crippen LogP) is 2.19. The van der Waals surface area contributed by atoms with Crippen molar-refractivity contribution in [2.45, 2.75) is 26.3 Å². The van der Waals surface area contributed by atoms with Crippen molar-refractivity contribution < 1.29 is 9.59 Å². The number of anilines is 1. The van der Waals surface area contributed by atoms with Gasteiger partial charge in [0.2, 0.25) is 11.8 Å². The molecule has 0 heterocycles. The molecular formula is C12H15ClN2O2. The molecule has 2 amide bonds. The molecule has 0 saturated heterocycles. The van der Waals surface area contributed by atoms with E-state index in [9.17, 15) is 9.59 Å². The zero-order valence-corrected chi connectivity index (χ0v) is 10.5. The molecule has 0 radical (unpaired) electrons. The monoisotopic (exact) mass is 254 g/mol. The summed E-state index contributed by atoms with van der Waals surface area (Å²) in [6, 6.07) is 6.81. The summed E-state index contributed by atoms with van der Waals surface area (Å²) in [5, 5.41) is 5.78. The third-order valence-electron chi connectivity index (χ3n) is 1.88. The van der Waals surface area contributed by atoms with E-state index in [1.807, 2.05) is 13.8 Å². The first kappa shape index (κ1) is 13.5. The lowest BCUT2D eigenvalue weighted by Crippen LogP contribution is -2.33. The lowest BCUT2D eigenvalue weighted by molar-refractivity contribution is -0.127. The Morgan fingerprint density at radius 1 is 1.29 bits per heavy atom. The molecule has 5 heteroatoms. The number of carbonyl (C=O) groups is 2. The minimum Gasteiger partial charge on any atom is -0.353 e. The van der Waals surface area contributed by atoms with Crippen molar-refractivity contribution >= 4 is 29.1 Å². The van der Waals surface area contributed by atoms with Gasteiger partial charge in [0.05, 0.1) is 0 Å². The summed E-state index contributed by atoms with van der Waals surface area (Å²) in [6.45, 7) is 3.68. The van der Waals surface area contributed by atoms with E-state index in [1.165, 1.54) is 0 Å². The van der Waals surface area contributed by atoms with Crippen LogP contribution < -0.4 is 10.6 Å². The van der Waals surface area contributed by atoms with E-state index >= 15 is 0 Å². The quantitative estimate of drug-likeness (QED) is 0.810. The van der Waals surface area contributed by atoms with E-state index in [2.05, 4.69) is 10.6 Å². The Morgan fingerprint density at radius 2 is 2.00 bits per heavy atom. The van der Waals surface area contributed by atoms with Crippen LogP contribution in [-0.4, -0.2) is 17.9 Å². The van der Waals surface area contributed by atoms with Gasteiger partial charge in [-0.1, -0.05) is 17.7 Å². The zero-order valence-electron chi connectivity index (χ0n) is 9.79. The Labute approximate surface area is 105 Å². The molecule has 0 aliphatic heterocycles. The van der Waals surface area contributed by atoms with Crippen LogP contribution in [0.25, 0.3) is 0 Å². The molecule has 92 valence electrons. The van der Waals surface area contributed by atoms with Crippen LogP contribution in [0.15, 0.2) is 24.3 Å². The molecule has 0 aliphatic carbocycles. The third-order valence-corrected chi connectivity index (χ3v) is 2.11. The van der Waals surface area contributed by atoms with Crippen molar-refractivity contribution in [3.05, 3.63) is 29.3 Å². The first-order valence-electron chi connectivity index (χ1n) is 5.32. The van der Waals surface area contributed by atoms with Gasteiger partial charge in [-0.2, -0.15) is 0 Å². The highest BCUT2D eigenvalue weighted by Gasteiger charge is 2.10. The zero-order chi connectivity index (χ0) is 12.8. The Morgan fingerprint density at radius 3 is 2.59 bits per heavy atom. The first-order chi connectivity index (χ1) is 7.97.